The molecule has 0 heterocycles. The van der Waals surface area contributed by atoms with E-state index in [9.17, 15) is 0 Å². The van der Waals surface area contributed by atoms with Crippen LogP contribution in [0, 0.1) is 0 Å². The summed E-state index contributed by atoms with van der Waals surface area (Å²) in [6, 6.07) is 0. The molecule has 0 saturated carbocycles. The van der Waals surface area contributed by atoms with Crippen LogP contribution in [-0.2, 0) is 0 Å². The second-order valence-corrected chi connectivity index (χ2v) is 2.46. The molecule has 0 atom stereocenters. The Kier molecular flexibility index (Phi) is 20.2. The fraction of sp³-hybridized carbons (Fsp3) is 1.00. The van der Waals surface area contributed by atoms with Crippen molar-refractivity contribution in [3.05, 3.63) is 0 Å². The van der Waals surface area contributed by atoms with Crippen molar-refractivity contribution in [2.45, 2.75) is 33.6 Å². The lowest BCUT2D eigenvalue weighted by Crippen LogP contribution is -2.14. The van der Waals surface area contributed by atoms with Crippen LogP contribution in [0.3, 0.4) is 0 Å². The van der Waals surface area contributed by atoms with E-state index < -0.39 is 0 Å². The van der Waals surface area contributed by atoms with Crippen LogP contribution < -0.4 is 10.6 Å². The largest absolute Gasteiger partial charge is 0.320 e. The molecular weight excluding hydrogens is 136 g/mol. The molecule has 0 aromatic carbocycles. The quantitative estimate of drug-likeness (QED) is 0.597. The first-order chi connectivity index (χ1) is 5.33. The molecule has 2 heteroatoms. The molecule has 0 unspecified atom stereocenters. The molecule has 0 bridgehead atoms. The normalized spacial score (nSPS) is 8.73. The molecule has 2 nitrogen and oxygen atoms in total. The minimum Gasteiger partial charge on any atom is -0.320 e. The van der Waals surface area contributed by atoms with Crippen LogP contribution in [0.4, 0.5) is 0 Å². The van der Waals surface area contributed by atoms with Gasteiger partial charge in [-0.05, 0) is 39.5 Å². The molecule has 0 aromatic heterocycles. The Morgan fingerprint density at radius 2 is 1.27 bits per heavy atom. The first kappa shape index (κ1) is 13.5. The summed E-state index contributed by atoms with van der Waals surface area (Å²) in [5.74, 6) is 0. The van der Waals surface area contributed by atoms with E-state index in [4.69, 9.17) is 0 Å². The van der Waals surface area contributed by atoms with E-state index in [0.29, 0.717) is 0 Å². The van der Waals surface area contributed by atoms with Crippen molar-refractivity contribution in [1.29, 1.82) is 0 Å². The Labute approximate surface area is 71.8 Å². The van der Waals surface area contributed by atoms with Gasteiger partial charge in [0.25, 0.3) is 0 Å². The Morgan fingerprint density at radius 1 is 0.909 bits per heavy atom. The average Bonchev–Trinajstić information content (AvgIpc) is 2.06. The molecule has 0 amide bonds. The van der Waals surface area contributed by atoms with Crippen molar-refractivity contribution in [1.82, 2.24) is 10.6 Å². The van der Waals surface area contributed by atoms with Gasteiger partial charge in [-0.25, -0.2) is 0 Å². The number of nitrogens with one attached hydrogen (secondary N) is 2. The van der Waals surface area contributed by atoms with Crippen LogP contribution in [0.2, 0.25) is 0 Å². The van der Waals surface area contributed by atoms with Crippen LogP contribution in [0.25, 0.3) is 0 Å². The molecule has 0 aliphatic carbocycles. The van der Waals surface area contributed by atoms with E-state index >= 15 is 0 Å². The molecule has 70 valence electrons. The Morgan fingerprint density at radius 3 is 1.45 bits per heavy atom. The monoisotopic (exact) mass is 160 g/mol. The van der Waals surface area contributed by atoms with Gasteiger partial charge in [-0.3, -0.25) is 0 Å². The highest BCUT2D eigenvalue weighted by Crippen LogP contribution is 1.71. The summed E-state index contributed by atoms with van der Waals surface area (Å²) in [5.41, 5.74) is 0. The summed E-state index contributed by atoms with van der Waals surface area (Å²) in [7, 11) is 1.93. The second kappa shape index (κ2) is 16.5. The number of rotatable bonds is 5. The molecular formula is C9H24N2. The smallest absolute Gasteiger partial charge is 0.00516 e. The maximum absolute atomic E-state index is 3.28. The average molecular weight is 160 g/mol. The van der Waals surface area contributed by atoms with Gasteiger partial charge >= 0.3 is 0 Å². The standard InChI is InChI=1S/C6H15N.C3H9N/c1-3-5-7-6-4-2;1-3-4-2/h7H,3-6H2,1-2H3;4H,3H2,1-2H3. The van der Waals surface area contributed by atoms with Gasteiger partial charge in [-0.1, -0.05) is 20.8 Å². The Balaban J connectivity index is 0. The zero-order valence-electron chi connectivity index (χ0n) is 8.54. The molecule has 0 aliphatic heterocycles. The molecule has 0 aromatic rings. The van der Waals surface area contributed by atoms with Gasteiger partial charge in [0.05, 0.1) is 0 Å². The zero-order chi connectivity index (χ0) is 8.95. The molecule has 0 spiro atoms. The predicted molar refractivity (Wildman–Crippen MR) is 53.1 cm³/mol. The van der Waals surface area contributed by atoms with E-state index in [1.165, 1.54) is 25.9 Å². The van der Waals surface area contributed by atoms with Gasteiger partial charge in [0.1, 0.15) is 0 Å². The summed E-state index contributed by atoms with van der Waals surface area (Å²) in [4.78, 5) is 0. The molecule has 0 aliphatic rings. The van der Waals surface area contributed by atoms with Crippen molar-refractivity contribution in [3.63, 3.8) is 0 Å². The van der Waals surface area contributed by atoms with E-state index in [-0.39, 0.29) is 0 Å². The van der Waals surface area contributed by atoms with Crippen LogP contribution in [0.1, 0.15) is 33.6 Å². The van der Waals surface area contributed by atoms with Gasteiger partial charge in [0.15, 0.2) is 0 Å². The van der Waals surface area contributed by atoms with Crippen molar-refractivity contribution < 1.29 is 0 Å². The topological polar surface area (TPSA) is 24.1 Å². The maximum Gasteiger partial charge on any atom is -0.00516 e. The van der Waals surface area contributed by atoms with Crippen molar-refractivity contribution >= 4 is 0 Å². The highest BCUT2D eigenvalue weighted by molar-refractivity contribution is 4.39. The van der Waals surface area contributed by atoms with Crippen LogP contribution >= 0.6 is 0 Å². The summed E-state index contributed by atoms with van der Waals surface area (Å²) in [6.07, 6.45) is 2.50. The SMILES string of the molecule is CCCNCCC.CCNC. The third kappa shape index (κ3) is 25.7. The maximum atomic E-state index is 3.28. The third-order valence-corrected chi connectivity index (χ3v) is 1.21. The lowest BCUT2D eigenvalue weighted by atomic mass is 10.4. The molecule has 0 radical (unpaired) electrons. The fourth-order valence-corrected chi connectivity index (χ4v) is 0.479. The second-order valence-electron chi connectivity index (χ2n) is 2.46. The van der Waals surface area contributed by atoms with Gasteiger partial charge in [0, 0.05) is 0 Å². The number of hydrogen-bond donors (Lipinski definition) is 2. The number of hydrogen-bond acceptors (Lipinski definition) is 2. The van der Waals surface area contributed by atoms with Gasteiger partial charge < -0.3 is 10.6 Å². The van der Waals surface area contributed by atoms with Crippen molar-refractivity contribution in [2.75, 3.05) is 26.7 Å². The predicted octanol–water partition coefficient (Wildman–Crippen LogP) is 1.62. The van der Waals surface area contributed by atoms with Gasteiger partial charge in [-0.15, -0.1) is 0 Å². The lowest BCUT2D eigenvalue weighted by molar-refractivity contribution is 0.662. The zero-order valence-corrected chi connectivity index (χ0v) is 8.54. The highest BCUT2D eigenvalue weighted by Gasteiger charge is 1.76. The summed E-state index contributed by atoms with van der Waals surface area (Å²) >= 11 is 0. The Hall–Kier alpha value is -0.0800. The van der Waals surface area contributed by atoms with E-state index in [0.717, 1.165) is 6.54 Å². The summed E-state index contributed by atoms with van der Waals surface area (Å²) in [6.45, 7) is 9.85. The van der Waals surface area contributed by atoms with Crippen molar-refractivity contribution in [3.8, 4) is 0 Å². The highest BCUT2D eigenvalue weighted by atomic mass is 14.8. The summed E-state index contributed by atoms with van der Waals surface area (Å²) < 4.78 is 0. The first-order valence-corrected chi connectivity index (χ1v) is 4.68. The Bertz CT molecular complexity index is 40.8. The van der Waals surface area contributed by atoms with E-state index in [1.54, 1.807) is 0 Å². The molecule has 0 fully saturated rings. The molecule has 11 heavy (non-hydrogen) atoms. The lowest BCUT2D eigenvalue weighted by Gasteiger charge is -1.95. The minimum absolute atomic E-state index is 1.07. The fourth-order valence-electron chi connectivity index (χ4n) is 0.479. The van der Waals surface area contributed by atoms with E-state index in [2.05, 4.69) is 31.4 Å². The molecule has 0 rings (SSSR count). The van der Waals surface area contributed by atoms with Crippen LogP contribution in [0.15, 0.2) is 0 Å². The van der Waals surface area contributed by atoms with Gasteiger partial charge in [0.2, 0.25) is 0 Å². The molecule has 0 saturated heterocycles. The first-order valence-electron chi connectivity index (χ1n) is 4.68. The van der Waals surface area contributed by atoms with Gasteiger partial charge in [-0.2, -0.15) is 0 Å². The van der Waals surface area contributed by atoms with Crippen LogP contribution in [0.5, 0.6) is 0 Å². The van der Waals surface area contributed by atoms with E-state index in [1.807, 2.05) is 7.05 Å². The van der Waals surface area contributed by atoms with Crippen LogP contribution in [-0.4, -0.2) is 26.7 Å². The molecule has 2 N–H and O–H groups in total. The third-order valence-electron chi connectivity index (χ3n) is 1.21. The minimum atomic E-state index is 1.07. The summed E-state index contributed by atoms with van der Waals surface area (Å²) in [5, 5.41) is 6.22. The van der Waals surface area contributed by atoms with Crippen molar-refractivity contribution in [2.24, 2.45) is 0 Å².